The summed E-state index contributed by atoms with van der Waals surface area (Å²) in [6.45, 7) is 3.93. The number of ketones is 1. The van der Waals surface area contributed by atoms with Crippen molar-refractivity contribution >= 4 is 17.8 Å². The first-order valence-electron chi connectivity index (χ1n) is 7.59. The zero-order valence-electron chi connectivity index (χ0n) is 13.6. The van der Waals surface area contributed by atoms with Crippen LogP contribution in [-0.4, -0.2) is 28.4 Å². The fraction of sp³-hybridized carbons (Fsp3) is 0.278. The summed E-state index contributed by atoms with van der Waals surface area (Å²) in [5.74, 6) is -0.0509. The lowest BCUT2D eigenvalue weighted by atomic mass is 10.1. The van der Waals surface area contributed by atoms with Crippen molar-refractivity contribution in [2.75, 3.05) is 6.61 Å². The van der Waals surface area contributed by atoms with Gasteiger partial charge in [0.2, 0.25) is 5.78 Å². The van der Waals surface area contributed by atoms with Gasteiger partial charge in [-0.05, 0) is 18.2 Å². The molecule has 0 unspecified atom stereocenters. The minimum Gasteiger partial charge on any atom is -0.492 e. The molecule has 0 bridgehead atoms. The normalized spacial score (nSPS) is 11.1. The Morgan fingerprint density at radius 2 is 2.08 bits per heavy atom. The molecule has 0 saturated heterocycles. The number of carboxylic acid groups (broad SMARTS) is 1. The first kappa shape index (κ1) is 17.5. The van der Waals surface area contributed by atoms with Gasteiger partial charge in [-0.15, -0.1) is 0 Å². The lowest BCUT2D eigenvalue weighted by Gasteiger charge is -2.07. The monoisotopic (exact) mass is 329 g/mol. The van der Waals surface area contributed by atoms with Gasteiger partial charge < -0.3 is 14.3 Å². The fourth-order valence-corrected chi connectivity index (χ4v) is 1.91. The third kappa shape index (κ3) is 4.81. The molecule has 0 radical (unpaired) electrons. The molecule has 126 valence electrons. The van der Waals surface area contributed by atoms with Crippen molar-refractivity contribution < 1.29 is 23.8 Å². The number of carbonyl (C=O) groups is 2. The number of allylic oxidation sites excluding steroid dienone is 1. The number of aliphatic carboxylic acids is 1. The molecule has 6 nitrogen and oxygen atoms in total. The number of hydrogen-bond donors (Lipinski definition) is 1. The van der Waals surface area contributed by atoms with E-state index in [1.54, 1.807) is 30.3 Å². The van der Waals surface area contributed by atoms with Gasteiger partial charge in [-0.1, -0.05) is 32.0 Å². The Bertz CT molecular complexity index is 745. The molecule has 0 amide bonds. The number of oxazole rings is 1. The van der Waals surface area contributed by atoms with Crippen molar-refractivity contribution in [3.63, 3.8) is 0 Å². The molecule has 1 aromatic heterocycles. The van der Waals surface area contributed by atoms with E-state index in [0.29, 0.717) is 17.2 Å². The van der Waals surface area contributed by atoms with E-state index in [0.717, 1.165) is 0 Å². The van der Waals surface area contributed by atoms with Crippen LogP contribution in [0, 0.1) is 0 Å². The van der Waals surface area contributed by atoms with Crippen LogP contribution < -0.4 is 4.74 Å². The number of rotatable bonds is 8. The summed E-state index contributed by atoms with van der Waals surface area (Å²) in [6, 6.07) is 7.09. The maximum atomic E-state index is 12.1. The zero-order chi connectivity index (χ0) is 17.5. The smallest absolute Gasteiger partial charge is 0.306 e. The summed E-state index contributed by atoms with van der Waals surface area (Å²) in [5, 5.41) is 8.65. The molecule has 24 heavy (non-hydrogen) atoms. The largest absolute Gasteiger partial charge is 0.492 e. The van der Waals surface area contributed by atoms with Gasteiger partial charge >= 0.3 is 5.97 Å². The van der Waals surface area contributed by atoms with Crippen LogP contribution in [0.25, 0.3) is 6.08 Å². The molecule has 1 aromatic carbocycles. The fourth-order valence-electron chi connectivity index (χ4n) is 1.91. The number of benzene rings is 1. The number of carbonyl (C=O) groups excluding carboxylic acids is 1. The van der Waals surface area contributed by atoms with Crippen molar-refractivity contribution in [3.8, 4) is 5.75 Å². The van der Waals surface area contributed by atoms with Crippen LogP contribution in [0.15, 0.2) is 41.0 Å². The number of carboxylic acids is 1. The van der Waals surface area contributed by atoms with Gasteiger partial charge in [-0.2, -0.15) is 0 Å². The van der Waals surface area contributed by atoms with E-state index in [2.05, 4.69) is 4.98 Å². The number of aromatic nitrogens is 1. The Hall–Kier alpha value is -2.89. The average molecular weight is 329 g/mol. The highest BCUT2D eigenvalue weighted by atomic mass is 16.5. The third-order valence-electron chi connectivity index (χ3n) is 3.18. The van der Waals surface area contributed by atoms with Crippen molar-refractivity contribution in [1.82, 2.24) is 4.98 Å². The van der Waals surface area contributed by atoms with E-state index in [1.165, 1.54) is 12.3 Å². The molecule has 0 fully saturated rings. The molecule has 1 N–H and O–H groups in total. The van der Waals surface area contributed by atoms with Gasteiger partial charge in [0.25, 0.3) is 0 Å². The minimum atomic E-state index is -0.926. The zero-order valence-corrected chi connectivity index (χ0v) is 13.6. The Morgan fingerprint density at radius 1 is 1.33 bits per heavy atom. The van der Waals surface area contributed by atoms with Crippen LogP contribution in [0.3, 0.4) is 0 Å². The van der Waals surface area contributed by atoms with E-state index in [-0.39, 0.29) is 30.4 Å². The third-order valence-corrected chi connectivity index (χ3v) is 3.18. The lowest BCUT2D eigenvalue weighted by Crippen LogP contribution is -2.05. The average Bonchev–Trinajstić information content (AvgIpc) is 3.03. The predicted molar refractivity (Wildman–Crippen MR) is 88.1 cm³/mol. The number of ether oxygens (including phenoxy) is 1. The van der Waals surface area contributed by atoms with Gasteiger partial charge in [0.1, 0.15) is 17.7 Å². The summed E-state index contributed by atoms with van der Waals surface area (Å²) in [4.78, 5) is 26.8. The highest BCUT2D eigenvalue weighted by molar-refractivity contribution is 6.05. The molecule has 0 spiro atoms. The highest BCUT2D eigenvalue weighted by Crippen LogP contribution is 2.20. The van der Waals surface area contributed by atoms with E-state index in [4.69, 9.17) is 14.3 Å². The number of para-hydroxylation sites is 1. The first-order valence-corrected chi connectivity index (χ1v) is 7.59. The molecular formula is C18H19NO5. The van der Waals surface area contributed by atoms with Crippen LogP contribution in [0.1, 0.15) is 48.1 Å². The van der Waals surface area contributed by atoms with Crippen LogP contribution in [0.4, 0.5) is 0 Å². The maximum absolute atomic E-state index is 12.1. The molecule has 0 aliphatic rings. The Kier molecular flexibility index (Phi) is 5.89. The molecule has 6 heteroatoms. The van der Waals surface area contributed by atoms with E-state index in [9.17, 15) is 9.59 Å². The molecular weight excluding hydrogens is 310 g/mol. The maximum Gasteiger partial charge on any atom is 0.306 e. The van der Waals surface area contributed by atoms with E-state index >= 15 is 0 Å². The van der Waals surface area contributed by atoms with Crippen LogP contribution in [-0.2, 0) is 4.79 Å². The second-order valence-electron chi connectivity index (χ2n) is 5.45. The standard InChI is InChI=1S/C18H19NO5/c1-12(2)18-19-14(11-24-18)15(20)8-7-13-5-3-4-6-16(13)23-10-9-17(21)22/h3-8,11-12H,9-10H2,1-2H3,(H,21,22). The van der Waals surface area contributed by atoms with Crippen molar-refractivity contribution in [2.45, 2.75) is 26.2 Å². The van der Waals surface area contributed by atoms with E-state index in [1.807, 2.05) is 13.8 Å². The van der Waals surface area contributed by atoms with Gasteiger partial charge in [0.15, 0.2) is 5.89 Å². The predicted octanol–water partition coefficient (Wildman–Crippen LogP) is 3.55. The summed E-state index contributed by atoms with van der Waals surface area (Å²) in [6.07, 6.45) is 4.26. The highest BCUT2D eigenvalue weighted by Gasteiger charge is 2.12. The van der Waals surface area contributed by atoms with Crippen LogP contribution in [0.2, 0.25) is 0 Å². The van der Waals surface area contributed by atoms with E-state index < -0.39 is 5.97 Å². The molecule has 0 aliphatic heterocycles. The second kappa shape index (κ2) is 8.10. The first-order chi connectivity index (χ1) is 11.5. The molecule has 0 aliphatic carbocycles. The molecule has 2 rings (SSSR count). The summed E-state index contributed by atoms with van der Waals surface area (Å²) >= 11 is 0. The van der Waals surface area contributed by atoms with Crippen molar-refractivity contribution in [3.05, 3.63) is 53.8 Å². The number of hydrogen-bond acceptors (Lipinski definition) is 5. The van der Waals surface area contributed by atoms with Gasteiger partial charge in [0, 0.05) is 11.5 Å². The summed E-state index contributed by atoms with van der Waals surface area (Å²) in [7, 11) is 0. The Balaban J connectivity index is 2.07. The Labute approximate surface area is 139 Å². The van der Waals surface area contributed by atoms with Crippen molar-refractivity contribution in [2.24, 2.45) is 0 Å². The molecule has 1 heterocycles. The van der Waals surface area contributed by atoms with Gasteiger partial charge in [-0.3, -0.25) is 9.59 Å². The van der Waals surface area contributed by atoms with Gasteiger partial charge in [0.05, 0.1) is 13.0 Å². The SMILES string of the molecule is CC(C)c1nc(C(=O)C=Cc2ccccc2OCCC(=O)O)co1. The van der Waals surface area contributed by atoms with Gasteiger partial charge in [-0.25, -0.2) is 4.98 Å². The molecule has 2 aromatic rings. The number of nitrogens with zero attached hydrogens (tertiary/aromatic N) is 1. The molecule has 0 saturated carbocycles. The molecule has 0 atom stereocenters. The second-order valence-corrected chi connectivity index (χ2v) is 5.45. The lowest BCUT2D eigenvalue weighted by molar-refractivity contribution is -0.137. The summed E-state index contributed by atoms with van der Waals surface area (Å²) < 4.78 is 10.7. The topological polar surface area (TPSA) is 89.6 Å². The van der Waals surface area contributed by atoms with Crippen LogP contribution >= 0.6 is 0 Å². The van der Waals surface area contributed by atoms with Crippen molar-refractivity contribution in [1.29, 1.82) is 0 Å². The van der Waals surface area contributed by atoms with Crippen LogP contribution in [0.5, 0.6) is 5.75 Å². The Morgan fingerprint density at radius 3 is 2.75 bits per heavy atom. The summed E-state index contributed by atoms with van der Waals surface area (Å²) in [5.41, 5.74) is 0.933. The quantitative estimate of drug-likeness (QED) is 0.588. The minimum absolute atomic E-state index is 0.0647.